The van der Waals surface area contributed by atoms with Crippen molar-refractivity contribution >= 4 is 22.5 Å². The largest absolute Gasteiger partial charge is 0.348 e. The number of nitrogens with one attached hydrogen (secondary N) is 1. The quantitative estimate of drug-likeness (QED) is 0.907. The van der Waals surface area contributed by atoms with E-state index in [1.165, 1.54) is 47.9 Å². The number of likely N-dealkylation sites (N-methyl/N-ethyl adjacent to an activating group) is 1. The fourth-order valence-electron chi connectivity index (χ4n) is 2.30. The number of aromatic nitrogens is 1. The Morgan fingerprint density at radius 3 is 2.78 bits per heavy atom. The summed E-state index contributed by atoms with van der Waals surface area (Å²) >= 11 is 1.83. The lowest BCUT2D eigenvalue weighted by Gasteiger charge is -2.25. The number of piperidine rings is 1. The van der Waals surface area contributed by atoms with E-state index in [4.69, 9.17) is 4.98 Å². The lowest BCUT2D eigenvalue weighted by molar-refractivity contribution is 0.576. The first kappa shape index (κ1) is 13.6. The normalized spacial score (nSPS) is 17.3. The smallest absolute Gasteiger partial charge is 0.186 e. The standard InChI is InChI=1S/C14H23N3S/c1-11(10-15-3)9-13-12(2)16-14(18-13)17-7-5-4-6-8-17/h9,15H,4-8,10H2,1-3H3. The Balaban J connectivity index is 2.13. The maximum atomic E-state index is 4.73. The molecular weight excluding hydrogens is 242 g/mol. The summed E-state index contributed by atoms with van der Waals surface area (Å²) in [5, 5.41) is 4.39. The second kappa shape index (κ2) is 6.34. The Labute approximate surface area is 114 Å². The SMILES string of the molecule is CNCC(C)=Cc1sc(N2CCCCC2)nc1C. The van der Waals surface area contributed by atoms with Crippen molar-refractivity contribution in [2.24, 2.45) is 0 Å². The molecule has 100 valence electrons. The van der Waals surface area contributed by atoms with Gasteiger partial charge in [0.05, 0.1) is 10.6 Å². The summed E-state index contributed by atoms with van der Waals surface area (Å²) in [6, 6.07) is 0. The molecule has 18 heavy (non-hydrogen) atoms. The Kier molecular flexibility index (Phi) is 4.78. The second-order valence-electron chi connectivity index (χ2n) is 5.01. The summed E-state index contributed by atoms with van der Waals surface area (Å²) in [6.07, 6.45) is 6.25. The number of aryl methyl sites for hydroxylation is 1. The van der Waals surface area contributed by atoms with Gasteiger partial charge in [-0.15, -0.1) is 0 Å². The van der Waals surface area contributed by atoms with Crippen molar-refractivity contribution in [3.63, 3.8) is 0 Å². The average Bonchev–Trinajstić information content (AvgIpc) is 2.72. The molecular formula is C14H23N3S. The Hall–Kier alpha value is -0.870. The minimum Gasteiger partial charge on any atom is -0.348 e. The summed E-state index contributed by atoms with van der Waals surface area (Å²) in [4.78, 5) is 8.47. The number of hydrogen-bond acceptors (Lipinski definition) is 4. The van der Waals surface area contributed by atoms with Gasteiger partial charge in [0.25, 0.3) is 0 Å². The molecule has 1 aromatic rings. The fourth-order valence-corrected chi connectivity index (χ4v) is 3.45. The minimum absolute atomic E-state index is 0.941. The molecule has 0 saturated carbocycles. The highest BCUT2D eigenvalue weighted by molar-refractivity contribution is 7.16. The monoisotopic (exact) mass is 265 g/mol. The van der Waals surface area contributed by atoms with Crippen LogP contribution in [0, 0.1) is 6.92 Å². The first-order valence-electron chi connectivity index (χ1n) is 6.75. The summed E-state index contributed by atoms with van der Waals surface area (Å²) in [7, 11) is 1.98. The van der Waals surface area contributed by atoms with Crippen molar-refractivity contribution in [2.75, 3.05) is 31.6 Å². The third kappa shape index (κ3) is 3.33. The molecule has 0 bridgehead atoms. The lowest BCUT2D eigenvalue weighted by Crippen LogP contribution is -2.29. The van der Waals surface area contributed by atoms with Crippen LogP contribution in [0.5, 0.6) is 0 Å². The highest BCUT2D eigenvalue weighted by Crippen LogP contribution is 2.29. The van der Waals surface area contributed by atoms with E-state index in [1.807, 2.05) is 18.4 Å². The summed E-state index contributed by atoms with van der Waals surface area (Å²) < 4.78 is 0. The molecule has 1 N–H and O–H groups in total. The van der Waals surface area contributed by atoms with Crippen LogP contribution in [0.15, 0.2) is 5.57 Å². The van der Waals surface area contributed by atoms with Gasteiger partial charge in [0.1, 0.15) is 0 Å². The van der Waals surface area contributed by atoms with Gasteiger partial charge in [0.15, 0.2) is 5.13 Å². The van der Waals surface area contributed by atoms with Crippen molar-refractivity contribution in [1.82, 2.24) is 10.3 Å². The van der Waals surface area contributed by atoms with Gasteiger partial charge in [-0.1, -0.05) is 16.9 Å². The van der Waals surface area contributed by atoms with Crippen LogP contribution in [0.2, 0.25) is 0 Å². The van der Waals surface area contributed by atoms with Gasteiger partial charge in [-0.25, -0.2) is 4.98 Å². The second-order valence-corrected chi connectivity index (χ2v) is 6.02. The molecule has 0 spiro atoms. The molecule has 0 unspecified atom stereocenters. The number of anilines is 1. The molecule has 0 atom stereocenters. The summed E-state index contributed by atoms with van der Waals surface area (Å²) in [5.74, 6) is 0. The van der Waals surface area contributed by atoms with Crippen LogP contribution in [-0.4, -0.2) is 31.7 Å². The summed E-state index contributed by atoms with van der Waals surface area (Å²) in [5.41, 5.74) is 2.52. The zero-order valence-electron chi connectivity index (χ0n) is 11.6. The molecule has 1 saturated heterocycles. The molecule has 3 nitrogen and oxygen atoms in total. The van der Waals surface area contributed by atoms with E-state index in [-0.39, 0.29) is 0 Å². The number of rotatable bonds is 4. The van der Waals surface area contributed by atoms with Crippen LogP contribution in [0.1, 0.15) is 36.8 Å². The molecule has 0 radical (unpaired) electrons. The van der Waals surface area contributed by atoms with Gasteiger partial charge in [0.2, 0.25) is 0 Å². The van der Waals surface area contributed by atoms with E-state index >= 15 is 0 Å². The van der Waals surface area contributed by atoms with Gasteiger partial charge in [-0.2, -0.15) is 0 Å². The molecule has 2 heterocycles. The number of thiazole rings is 1. The molecule has 4 heteroatoms. The average molecular weight is 265 g/mol. The molecule has 0 aliphatic carbocycles. The predicted octanol–water partition coefficient (Wildman–Crippen LogP) is 3.06. The van der Waals surface area contributed by atoms with Crippen molar-refractivity contribution in [3.8, 4) is 0 Å². The van der Waals surface area contributed by atoms with Gasteiger partial charge in [-0.05, 0) is 46.2 Å². The Morgan fingerprint density at radius 2 is 2.11 bits per heavy atom. The van der Waals surface area contributed by atoms with Gasteiger partial charge < -0.3 is 10.2 Å². The van der Waals surface area contributed by atoms with E-state index in [9.17, 15) is 0 Å². The molecule has 0 aromatic carbocycles. The molecule has 0 amide bonds. The first-order chi connectivity index (χ1) is 8.70. The highest BCUT2D eigenvalue weighted by Gasteiger charge is 2.15. The van der Waals surface area contributed by atoms with Gasteiger partial charge in [-0.3, -0.25) is 0 Å². The van der Waals surface area contributed by atoms with Crippen LogP contribution in [-0.2, 0) is 0 Å². The highest BCUT2D eigenvalue weighted by atomic mass is 32.1. The third-order valence-electron chi connectivity index (χ3n) is 3.28. The van der Waals surface area contributed by atoms with Gasteiger partial charge in [0, 0.05) is 19.6 Å². The van der Waals surface area contributed by atoms with E-state index in [0.717, 1.165) is 12.2 Å². The summed E-state index contributed by atoms with van der Waals surface area (Å²) in [6.45, 7) is 7.56. The zero-order valence-corrected chi connectivity index (χ0v) is 12.4. The van der Waals surface area contributed by atoms with Crippen molar-refractivity contribution in [3.05, 3.63) is 16.1 Å². The maximum absolute atomic E-state index is 4.73. The van der Waals surface area contributed by atoms with E-state index in [2.05, 4.69) is 30.1 Å². The minimum atomic E-state index is 0.941. The van der Waals surface area contributed by atoms with E-state index in [1.54, 1.807) is 0 Å². The van der Waals surface area contributed by atoms with E-state index in [0.29, 0.717) is 0 Å². The van der Waals surface area contributed by atoms with Crippen LogP contribution < -0.4 is 10.2 Å². The van der Waals surface area contributed by atoms with Crippen LogP contribution in [0.25, 0.3) is 6.08 Å². The number of hydrogen-bond donors (Lipinski definition) is 1. The van der Waals surface area contributed by atoms with Crippen LogP contribution >= 0.6 is 11.3 Å². The molecule has 2 rings (SSSR count). The Bertz CT molecular complexity index is 417. The molecule has 1 aliphatic rings. The maximum Gasteiger partial charge on any atom is 0.186 e. The van der Waals surface area contributed by atoms with Crippen LogP contribution in [0.4, 0.5) is 5.13 Å². The molecule has 1 fully saturated rings. The zero-order chi connectivity index (χ0) is 13.0. The fraction of sp³-hybridized carbons (Fsp3) is 0.643. The van der Waals surface area contributed by atoms with Gasteiger partial charge >= 0.3 is 0 Å². The van der Waals surface area contributed by atoms with Crippen molar-refractivity contribution < 1.29 is 0 Å². The predicted molar refractivity (Wildman–Crippen MR) is 80.5 cm³/mol. The Morgan fingerprint density at radius 1 is 1.39 bits per heavy atom. The van der Waals surface area contributed by atoms with Crippen LogP contribution in [0.3, 0.4) is 0 Å². The number of nitrogens with zero attached hydrogens (tertiary/aromatic N) is 2. The van der Waals surface area contributed by atoms with Crippen molar-refractivity contribution in [1.29, 1.82) is 0 Å². The van der Waals surface area contributed by atoms with E-state index < -0.39 is 0 Å². The molecule has 1 aliphatic heterocycles. The topological polar surface area (TPSA) is 28.2 Å². The lowest BCUT2D eigenvalue weighted by atomic mass is 10.1. The van der Waals surface area contributed by atoms with Crippen molar-refractivity contribution in [2.45, 2.75) is 33.1 Å². The third-order valence-corrected chi connectivity index (χ3v) is 4.45. The first-order valence-corrected chi connectivity index (χ1v) is 7.56. The molecule has 1 aromatic heterocycles.